The first-order chi connectivity index (χ1) is 17.5. The van der Waals surface area contributed by atoms with E-state index in [0.29, 0.717) is 31.0 Å². The number of aryl methyl sites for hydroxylation is 1. The summed E-state index contributed by atoms with van der Waals surface area (Å²) in [6, 6.07) is 12.8. The molecule has 1 aliphatic heterocycles. The topological polar surface area (TPSA) is 70.1 Å². The van der Waals surface area contributed by atoms with Crippen molar-refractivity contribution in [3.63, 3.8) is 0 Å². The number of carbonyl (C=O) groups is 2. The molecule has 0 unspecified atom stereocenters. The van der Waals surface area contributed by atoms with Gasteiger partial charge in [-0.25, -0.2) is 0 Å². The molecule has 1 aliphatic rings. The Morgan fingerprint density at radius 3 is 2.22 bits per heavy atom. The number of nitrogens with zero attached hydrogens (tertiary/aromatic N) is 2. The first-order valence-corrected chi connectivity index (χ1v) is 13.4. The number of likely N-dealkylation sites (N-methyl/N-ethyl adjacent to an activating group) is 1. The van der Waals surface area contributed by atoms with Crippen molar-refractivity contribution >= 4 is 17.4 Å². The molecule has 200 valence electrons. The van der Waals surface area contributed by atoms with Crippen molar-refractivity contribution in [3.05, 3.63) is 70.3 Å². The average molecular weight is 507 g/mol. The molecule has 1 heterocycles. The number of benzene rings is 2. The third-order valence-electron chi connectivity index (χ3n) is 7.11. The second-order valence-electron chi connectivity index (χ2n) is 10.7. The minimum absolute atomic E-state index is 0.0260. The second kappa shape index (κ2) is 12.0. The molecule has 1 N–H and O–H groups in total. The number of ketones is 1. The molecule has 1 fully saturated rings. The number of likely N-dealkylation sites (tertiary alicyclic amines) is 1. The summed E-state index contributed by atoms with van der Waals surface area (Å²) in [5.41, 5.74) is 3.40. The molecule has 1 atom stereocenters. The van der Waals surface area contributed by atoms with Crippen LogP contribution in [-0.2, 0) is 15.0 Å². The monoisotopic (exact) mass is 506 g/mol. The van der Waals surface area contributed by atoms with E-state index in [1.54, 1.807) is 17.0 Å². The summed E-state index contributed by atoms with van der Waals surface area (Å²) in [5.74, 6) is -0.648. The van der Waals surface area contributed by atoms with Crippen molar-refractivity contribution < 1.29 is 19.4 Å². The summed E-state index contributed by atoms with van der Waals surface area (Å²) in [5, 5.41) is 11.5. The molecule has 6 heteroatoms. The lowest BCUT2D eigenvalue weighted by atomic mass is 9.85. The van der Waals surface area contributed by atoms with Crippen molar-refractivity contribution in [1.29, 1.82) is 0 Å². The molecule has 0 radical (unpaired) electrons. The minimum atomic E-state index is -0.653. The summed E-state index contributed by atoms with van der Waals surface area (Å²) in [4.78, 5) is 30.5. The molecule has 0 bridgehead atoms. The van der Waals surface area contributed by atoms with Gasteiger partial charge in [0.15, 0.2) is 0 Å². The van der Waals surface area contributed by atoms with Gasteiger partial charge in [-0.15, -0.1) is 0 Å². The highest BCUT2D eigenvalue weighted by Crippen LogP contribution is 2.40. The van der Waals surface area contributed by atoms with Gasteiger partial charge in [0.2, 0.25) is 0 Å². The lowest BCUT2D eigenvalue weighted by Crippen LogP contribution is -2.38. The fourth-order valence-corrected chi connectivity index (χ4v) is 4.77. The molecule has 1 saturated heterocycles. The first kappa shape index (κ1) is 28.5. The third-order valence-corrected chi connectivity index (χ3v) is 7.11. The molecule has 3 rings (SSSR count). The van der Waals surface area contributed by atoms with Crippen molar-refractivity contribution in [2.45, 2.75) is 66.3 Å². The number of ether oxygens (including phenoxy) is 1. The molecule has 0 saturated carbocycles. The molecule has 0 aromatic heterocycles. The fraction of sp³-hybridized carbons (Fsp3) is 0.484. The third kappa shape index (κ3) is 6.24. The quantitative estimate of drug-likeness (QED) is 0.249. The Kier molecular flexibility index (Phi) is 9.19. The van der Waals surface area contributed by atoms with Crippen molar-refractivity contribution in [2.75, 3.05) is 32.8 Å². The number of aliphatic hydroxyl groups is 1. The van der Waals surface area contributed by atoms with Gasteiger partial charge in [-0.1, -0.05) is 65.8 Å². The number of Topliss-reactive ketones (excluding diaryl/α,β-unsaturated/α-hetero) is 1. The molecule has 1 amide bonds. The zero-order chi connectivity index (χ0) is 27.3. The smallest absolute Gasteiger partial charge is 0.295 e. The van der Waals surface area contributed by atoms with Crippen LogP contribution in [0.3, 0.4) is 0 Å². The Hall–Kier alpha value is -3.12. The van der Waals surface area contributed by atoms with Gasteiger partial charge < -0.3 is 19.6 Å². The standard InChI is InChI=1S/C31H42N2O4/c1-8-19-37-24-15-16-25(21(4)20-24)28(34)26-27(22-11-13-23(14-12-22)31(5,6)7)33(30(36)29(26)35)18-17-32(9-2)10-3/h11-16,20,27,34H,8-10,17-19H2,1-7H3/t27-/m0/s1. The van der Waals surface area contributed by atoms with Crippen LogP contribution in [0.4, 0.5) is 0 Å². The van der Waals surface area contributed by atoms with Crippen LogP contribution in [-0.4, -0.2) is 59.4 Å². The predicted molar refractivity (Wildman–Crippen MR) is 149 cm³/mol. The van der Waals surface area contributed by atoms with E-state index in [0.717, 1.165) is 36.2 Å². The molecular weight excluding hydrogens is 464 g/mol. The van der Waals surface area contributed by atoms with Gasteiger partial charge in [-0.2, -0.15) is 0 Å². The maximum Gasteiger partial charge on any atom is 0.295 e. The molecule has 0 spiro atoms. The highest BCUT2D eigenvalue weighted by Gasteiger charge is 2.46. The Morgan fingerprint density at radius 2 is 1.68 bits per heavy atom. The summed E-state index contributed by atoms with van der Waals surface area (Å²) in [6.07, 6.45) is 0.895. The van der Waals surface area contributed by atoms with Gasteiger partial charge in [-0.3, -0.25) is 9.59 Å². The first-order valence-electron chi connectivity index (χ1n) is 13.4. The average Bonchev–Trinajstić information content (AvgIpc) is 3.12. The summed E-state index contributed by atoms with van der Waals surface area (Å²) in [6.45, 7) is 17.9. The van der Waals surface area contributed by atoms with Crippen LogP contribution in [0.1, 0.15) is 76.3 Å². The normalized spacial score (nSPS) is 17.6. The van der Waals surface area contributed by atoms with E-state index in [1.807, 2.05) is 44.2 Å². The molecule has 6 nitrogen and oxygen atoms in total. The molecule has 0 aliphatic carbocycles. The molecule has 37 heavy (non-hydrogen) atoms. The van der Waals surface area contributed by atoms with E-state index in [-0.39, 0.29) is 16.7 Å². The van der Waals surface area contributed by atoms with Crippen LogP contribution in [0.2, 0.25) is 0 Å². The fourth-order valence-electron chi connectivity index (χ4n) is 4.77. The van der Waals surface area contributed by atoms with E-state index < -0.39 is 17.7 Å². The van der Waals surface area contributed by atoms with Gasteiger partial charge in [0.25, 0.3) is 11.7 Å². The van der Waals surface area contributed by atoms with Gasteiger partial charge in [-0.05, 0) is 66.7 Å². The van der Waals surface area contributed by atoms with Gasteiger partial charge in [0.1, 0.15) is 11.5 Å². The largest absolute Gasteiger partial charge is 0.507 e. The SMILES string of the molecule is CCCOc1ccc(C(O)=C2C(=O)C(=O)N(CCN(CC)CC)[C@H]2c2ccc(C(C)(C)C)cc2)c(C)c1. The van der Waals surface area contributed by atoms with Crippen molar-refractivity contribution in [1.82, 2.24) is 9.80 Å². The maximum atomic E-state index is 13.4. The predicted octanol–water partition coefficient (Wildman–Crippen LogP) is 5.84. The number of hydrogen-bond donors (Lipinski definition) is 1. The highest BCUT2D eigenvalue weighted by atomic mass is 16.5. The van der Waals surface area contributed by atoms with E-state index in [1.165, 1.54) is 0 Å². The number of aliphatic hydroxyl groups excluding tert-OH is 1. The number of rotatable bonds is 10. The number of amides is 1. The molecule has 2 aromatic carbocycles. The Bertz CT molecular complexity index is 1140. The van der Waals surface area contributed by atoms with E-state index >= 15 is 0 Å². The lowest BCUT2D eigenvalue weighted by Gasteiger charge is -2.29. The van der Waals surface area contributed by atoms with E-state index in [4.69, 9.17) is 4.74 Å². The molecular formula is C31H42N2O4. The lowest BCUT2D eigenvalue weighted by molar-refractivity contribution is -0.140. The van der Waals surface area contributed by atoms with Crippen molar-refractivity contribution in [3.8, 4) is 5.75 Å². The van der Waals surface area contributed by atoms with Crippen LogP contribution < -0.4 is 4.74 Å². The Labute approximate surface area is 221 Å². The van der Waals surface area contributed by atoms with Gasteiger partial charge >= 0.3 is 0 Å². The molecule has 2 aromatic rings. The second-order valence-corrected chi connectivity index (χ2v) is 10.7. The Balaban J connectivity index is 2.10. The zero-order valence-corrected chi connectivity index (χ0v) is 23.4. The minimum Gasteiger partial charge on any atom is -0.507 e. The van der Waals surface area contributed by atoms with Crippen LogP contribution >= 0.6 is 0 Å². The summed E-state index contributed by atoms with van der Waals surface area (Å²) >= 11 is 0. The Morgan fingerprint density at radius 1 is 1.03 bits per heavy atom. The number of hydrogen-bond acceptors (Lipinski definition) is 5. The number of carbonyl (C=O) groups excluding carboxylic acids is 2. The maximum absolute atomic E-state index is 13.4. The summed E-state index contributed by atoms with van der Waals surface area (Å²) in [7, 11) is 0. The summed E-state index contributed by atoms with van der Waals surface area (Å²) < 4.78 is 5.72. The zero-order valence-electron chi connectivity index (χ0n) is 23.4. The van der Waals surface area contributed by atoms with Crippen molar-refractivity contribution in [2.24, 2.45) is 0 Å². The van der Waals surface area contributed by atoms with Gasteiger partial charge in [0, 0.05) is 18.7 Å². The highest BCUT2D eigenvalue weighted by molar-refractivity contribution is 6.46. The van der Waals surface area contributed by atoms with Crippen LogP contribution in [0, 0.1) is 6.92 Å². The van der Waals surface area contributed by atoms with E-state index in [9.17, 15) is 14.7 Å². The van der Waals surface area contributed by atoms with Crippen LogP contribution in [0.15, 0.2) is 48.0 Å². The van der Waals surface area contributed by atoms with Gasteiger partial charge in [0.05, 0.1) is 18.2 Å². The van der Waals surface area contributed by atoms with Crippen LogP contribution in [0.5, 0.6) is 5.75 Å². The van der Waals surface area contributed by atoms with E-state index in [2.05, 4.69) is 39.5 Å². The van der Waals surface area contributed by atoms with Crippen LogP contribution in [0.25, 0.3) is 5.76 Å².